The average Bonchev–Trinajstić information content (AvgIpc) is 3.08. The Morgan fingerprint density at radius 1 is 1.03 bits per heavy atom. The summed E-state index contributed by atoms with van der Waals surface area (Å²) in [6, 6.07) is 20.3. The monoisotopic (exact) mass is 540 g/mol. The molecule has 172 valence electrons. The first kappa shape index (κ1) is 23.7. The van der Waals surface area contributed by atoms with Crippen LogP contribution in [0, 0.1) is 5.82 Å². The first-order valence-electron chi connectivity index (χ1n) is 10.2. The number of rotatable bonds is 7. The van der Waals surface area contributed by atoms with Gasteiger partial charge in [0.15, 0.2) is 0 Å². The van der Waals surface area contributed by atoms with Gasteiger partial charge in [-0.2, -0.15) is 0 Å². The Morgan fingerprint density at radius 2 is 1.74 bits per heavy atom. The maximum Gasteiger partial charge on any atom is 0.294 e. The maximum atomic E-state index is 13.9. The van der Waals surface area contributed by atoms with E-state index in [1.807, 2.05) is 0 Å². The first-order valence-corrected chi connectivity index (χ1v) is 11.8. The summed E-state index contributed by atoms with van der Waals surface area (Å²) in [7, 11) is 0. The van der Waals surface area contributed by atoms with Crippen molar-refractivity contribution >= 4 is 56.5 Å². The van der Waals surface area contributed by atoms with Crippen molar-refractivity contribution in [2.75, 3.05) is 11.9 Å². The largest absolute Gasteiger partial charge is 0.488 e. The van der Waals surface area contributed by atoms with E-state index in [-0.39, 0.29) is 17.3 Å². The van der Waals surface area contributed by atoms with Gasteiger partial charge in [0.25, 0.3) is 11.1 Å². The highest BCUT2D eigenvalue weighted by molar-refractivity contribution is 9.10. The average molecular weight is 541 g/mol. The number of para-hydroxylation sites is 2. The summed E-state index contributed by atoms with van der Waals surface area (Å²) in [6.07, 6.45) is 1.53. The highest BCUT2D eigenvalue weighted by Crippen LogP contribution is 2.34. The second-order valence-electron chi connectivity index (χ2n) is 7.21. The molecule has 3 amide bonds. The number of imide groups is 1. The molecule has 0 saturated carbocycles. The highest BCUT2D eigenvalue weighted by Gasteiger charge is 2.36. The Balaban J connectivity index is 1.46. The van der Waals surface area contributed by atoms with Crippen molar-refractivity contribution in [3.05, 3.63) is 99.1 Å². The zero-order valence-electron chi connectivity index (χ0n) is 17.7. The number of thioether (sulfide) groups is 1. The molecule has 0 unspecified atom stereocenters. The van der Waals surface area contributed by atoms with Crippen molar-refractivity contribution in [1.82, 2.24) is 4.90 Å². The second-order valence-corrected chi connectivity index (χ2v) is 9.06. The SMILES string of the molecule is O=C(CN1C(=O)S/C(=C/c2ccccc2OCc2ccccc2F)C1=O)Nc1ccccc1Br. The van der Waals surface area contributed by atoms with Gasteiger partial charge in [0.1, 0.15) is 24.7 Å². The summed E-state index contributed by atoms with van der Waals surface area (Å²) >= 11 is 4.09. The van der Waals surface area contributed by atoms with Gasteiger partial charge in [0.2, 0.25) is 5.91 Å². The van der Waals surface area contributed by atoms with Crippen LogP contribution in [0.15, 0.2) is 82.2 Å². The van der Waals surface area contributed by atoms with Crippen LogP contribution < -0.4 is 10.1 Å². The van der Waals surface area contributed by atoms with E-state index in [1.165, 1.54) is 12.1 Å². The van der Waals surface area contributed by atoms with Crippen LogP contribution in [0.4, 0.5) is 14.9 Å². The molecule has 1 fully saturated rings. The molecule has 0 bridgehead atoms. The van der Waals surface area contributed by atoms with Crippen LogP contribution >= 0.6 is 27.7 Å². The molecule has 0 atom stereocenters. The van der Waals surface area contributed by atoms with Gasteiger partial charge in [-0.3, -0.25) is 19.3 Å². The number of hydrogen-bond donors (Lipinski definition) is 1. The summed E-state index contributed by atoms with van der Waals surface area (Å²) in [5.41, 5.74) is 1.49. The van der Waals surface area contributed by atoms with Gasteiger partial charge in [-0.25, -0.2) is 4.39 Å². The van der Waals surface area contributed by atoms with Crippen molar-refractivity contribution in [2.45, 2.75) is 6.61 Å². The molecule has 1 saturated heterocycles. The van der Waals surface area contributed by atoms with Crippen LogP contribution in [0.3, 0.4) is 0 Å². The number of hydrogen-bond acceptors (Lipinski definition) is 5. The molecule has 0 aliphatic carbocycles. The first-order chi connectivity index (χ1) is 16.4. The Hall–Kier alpha value is -3.43. The Bertz CT molecular complexity index is 1300. The van der Waals surface area contributed by atoms with Crippen molar-refractivity contribution in [1.29, 1.82) is 0 Å². The fourth-order valence-corrected chi connectivity index (χ4v) is 4.39. The normalized spacial score (nSPS) is 14.5. The van der Waals surface area contributed by atoms with E-state index in [0.29, 0.717) is 27.0 Å². The summed E-state index contributed by atoms with van der Waals surface area (Å²) in [5.74, 6) is -1.00. The molecule has 0 spiro atoms. The number of carbonyl (C=O) groups excluding carboxylic acids is 3. The summed E-state index contributed by atoms with van der Waals surface area (Å²) < 4.78 is 20.4. The number of anilines is 1. The van der Waals surface area contributed by atoms with Crippen LogP contribution in [0.5, 0.6) is 5.75 Å². The lowest BCUT2D eigenvalue weighted by Crippen LogP contribution is -2.36. The number of halogens is 2. The van der Waals surface area contributed by atoms with E-state index in [1.54, 1.807) is 66.7 Å². The van der Waals surface area contributed by atoms with E-state index < -0.39 is 23.6 Å². The van der Waals surface area contributed by atoms with Gasteiger partial charge in [-0.05, 0) is 58.0 Å². The molecule has 6 nitrogen and oxygen atoms in total. The maximum absolute atomic E-state index is 13.9. The Kier molecular flexibility index (Phi) is 7.44. The molecule has 3 aromatic rings. The molecular weight excluding hydrogens is 523 g/mol. The number of amides is 3. The third kappa shape index (κ3) is 5.55. The quantitative estimate of drug-likeness (QED) is 0.381. The van der Waals surface area contributed by atoms with Crippen molar-refractivity contribution < 1.29 is 23.5 Å². The molecular formula is C25H18BrFN2O4S. The lowest BCUT2D eigenvalue weighted by Gasteiger charge is -2.13. The highest BCUT2D eigenvalue weighted by atomic mass is 79.9. The molecule has 1 N–H and O–H groups in total. The van der Waals surface area contributed by atoms with Gasteiger partial charge in [-0.1, -0.05) is 48.5 Å². The van der Waals surface area contributed by atoms with Crippen LogP contribution in [-0.4, -0.2) is 28.5 Å². The third-order valence-corrected chi connectivity index (χ3v) is 6.47. The fraction of sp³-hybridized carbons (Fsp3) is 0.0800. The van der Waals surface area contributed by atoms with Crippen molar-refractivity contribution in [2.24, 2.45) is 0 Å². The van der Waals surface area contributed by atoms with Crippen LogP contribution in [0.1, 0.15) is 11.1 Å². The molecule has 1 heterocycles. The minimum absolute atomic E-state index is 0.00816. The van der Waals surface area contributed by atoms with Gasteiger partial charge < -0.3 is 10.1 Å². The topological polar surface area (TPSA) is 75.7 Å². The molecule has 34 heavy (non-hydrogen) atoms. The Labute approximate surface area is 207 Å². The smallest absolute Gasteiger partial charge is 0.294 e. The lowest BCUT2D eigenvalue weighted by molar-refractivity contribution is -0.127. The molecule has 9 heteroatoms. The van der Waals surface area contributed by atoms with E-state index in [2.05, 4.69) is 21.2 Å². The minimum Gasteiger partial charge on any atom is -0.488 e. The van der Waals surface area contributed by atoms with Gasteiger partial charge in [0.05, 0.1) is 10.6 Å². The van der Waals surface area contributed by atoms with E-state index in [0.717, 1.165) is 16.7 Å². The number of carbonyl (C=O) groups is 3. The van der Waals surface area contributed by atoms with Gasteiger partial charge in [0, 0.05) is 15.6 Å². The predicted octanol–water partition coefficient (Wildman–Crippen LogP) is 5.84. The number of ether oxygens (including phenoxy) is 1. The molecule has 4 rings (SSSR count). The summed E-state index contributed by atoms with van der Waals surface area (Å²) in [6.45, 7) is -0.400. The van der Waals surface area contributed by atoms with E-state index in [4.69, 9.17) is 4.74 Å². The number of nitrogens with zero attached hydrogens (tertiary/aromatic N) is 1. The lowest BCUT2D eigenvalue weighted by atomic mass is 10.1. The van der Waals surface area contributed by atoms with Crippen LogP contribution in [0.2, 0.25) is 0 Å². The fourth-order valence-electron chi connectivity index (χ4n) is 3.18. The van der Waals surface area contributed by atoms with Crippen molar-refractivity contribution in [3.8, 4) is 5.75 Å². The van der Waals surface area contributed by atoms with Crippen LogP contribution in [0.25, 0.3) is 6.08 Å². The van der Waals surface area contributed by atoms with Gasteiger partial charge in [-0.15, -0.1) is 0 Å². The summed E-state index contributed by atoms with van der Waals surface area (Å²) in [5, 5.41) is 2.14. The molecule has 1 aliphatic heterocycles. The predicted molar refractivity (Wildman–Crippen MR) is 133 cm³/mol. The van der Waals surface area contributed by atoms with E-state index in [9.17, 15) is 18.8 Å². The standard InChI is InChI=1S/C25H18BrFN2O4S/c26-18-9-3-5-11-20(18)28-23(30)14-29-24(31)22(34-25(29)32)13-16-7-2-6-12-21(16)33-15-17-8-1-4-10-19(17)27/h1-13H,14-15H2,(H,28,30)/b22-13+. The number of nitrogens with one attached hydrogen (secondary N) is 1. The second kappa shape index (κ2) is 10.7. The number of benzene rings is 3. The zero-order valence-corrected chi connectivity index (χ0v) is 20.1. The van der Waals surface area contributed by atoms with Gasteiger partial charge >= 0.3 is 0 Å². The third-order valence-electron chi connectivity index (χ3n) is 4.87. The Morgan fingerprint density at radius 3 is 2.53 bits per heavy atom. The molecule has 0 aromatic heterocycles. The zero-order chi connectivity index (χ0) is 24.1. The molecule has 3 aromatic carbocycles. The van der Waals surface area contributed by atoms with Crippen LogP contribution in [-0.2, 0) is 16.2 Å². The molecule has 1 aliphatic rings. The molecule has 0 radical (unpaired) electrons. The summed E-state index contributed by atoms with van der Waals surface area (Å²) in [4.78, 5) is 38.8. The van der Waals surface area contributed by atoms with Crippen molar-refractivity contribution in [3.63, 3.8) is 0 Å². The van der Waals surface area contributed by atoms with E-state index >= 15 is 0 Å². The minimum atomic E-state index is -0.568.